The van der Waals surface area contributed by atoms with Crippen LogP contribution in [0.15, 0.2) is 18.2 Å². The van der Waals surface area contributed by atoms with Crippen molar-refractivity contribution in [3.8, 4) is 5.75 Å². The number of amides is 1. The van der Waals surface area contributed by atoms with Gasteiger partial charge in [-0.15, -0.1) is 0 Å². The van der Waals surface area contributed by atoms with E-state index in [0.717, 1.165) is 12.0 Å². The van der Waals surface area contributed by atoms with E-state index < -0.39 is 5.82 Å². The van der Waals surface area contributed by atoms with Crippen LogP contribution in [0.5, 0.6) is 5.75 Å². The Bertz CT molecular complexity index is 466. The molecule has 2 N–H and O–H groups in total. The first-order valence-electron chi connectivity index (χ1n) is 7.32. The zero-order valence-corrected chi connectivity index (χ0v) is 13.1. The van der Waals surface area contributed by atoms with Crippen molar-refractivity contribution in [2.75, 3.05) is 20.2 Å². The molecule has 0 aliphatic carbocycles. The molecule has 1 aromatic rings. The van der Waals surface area contributed by atoms with Crippen molar-refractivity contribution < 1.29 is 13.9 Å². The quantitative estimate of drug-likeness (QED) is 0.802. The number of ether oxygens (including phenoxy) is 1. The van der Waals surface area contributed by atoms with Crippen LogP contribution in [-0.2, 0) is 11.3 Å². The Morgan fingerprint density at radius 2 is 2.19 bits per heavy atom. The van der Waals surface area contributed by atoms with Crippen LogP contribution in [0, 0.1) is 11.7 Å². The molecule has 0 aromatic heterocycles. The Hall–Kier alpha value is -1.62. The maximum atomic E-state index is 13.7. The minimum Gasteiger partial charge on any atom is -0.494 e. The lowest BCUT2D eigenvalue weighted by atomic mass is 10.1. The molecule has 0 saturated heterocycles. The Morgan fingerprint density at radius 3 is 2.71 bits per heavy atom. The highest BCUT2D eigenvalue weighted by atomic mass is 19.1. The van der Waals surface area contributed by atoms with E-state index in [0.29, 0.717) is 32.0 Å². The summed E-state index contributed by atoms with van der Waals surface area (Å²) in [5.74, 6) is 0.222. The molecule has 1 aromatic carbocycles. The maximum Gasteiger partial charge on any atom is 0.222 e. The fourth-order valence-electron chi connectivity index (χ4n) is 2.05. The van der Waals surface area contributed by atoms with Gasteiger partial charge in [-0.25, -0.2) is 4.39 Å². The third-order valence-corrected chi connectivity index (χ3v) is 3.58. The van der Waals surface area contributed by atoms with Gasteiger partial charge in [0, 0.05) is 19.5 Å². The monoisotopic (exact) mass is 296 g/mol. The van der Waals surface area contributed by atoms with Gasteiger partial charge in [0.2, 0.25) is 5.91 Å². The first-order valence-corrected chi connectivity index (χ1v) is 7.32. The van der Waals surface area contributed by atoms with Crippen molar-refractivity contribution in [1.29, 1.82) is 0 Å². The second kappa shape index (κ2) is 8.62. The summed E-state index contributed by atoms with van der Waals surface area (Å²) in [5.41, 5.74) is 6.32. The molecule has 118 valence electrons. The molecule has 0 aliphatic rings. The van der Waals surface area contributed by atoms with Crippen LogP contribution in [0.2, 0.25) is 0 Å². The third kappa shape index (κ3) is 5.34. The van der Waals surface area contributed by atoms with Gasteiger partial charge in [0.15, 0.2) is 11.6 Å². The molecule has 1 amide bonds. The molecule has 1 atom stereocenters. The lowest BCUT2D eigenvalue weighted by Gasteiger charge is -2.22. The predicted octanol–water partition coefficient (Wildman–Crippen LogP) is 2.56. The van der Waals surface area contributed by atoms with E-state index in [-0.39, 0.29) is 11.7 Å². The Morgan fingerprint density at radius 1 is 1.48 bits per heavy atom. The summed E-state index contributed by atoms with van der Waals surface area (Å²) in [6.45, 7) is 5.55. The molecule has 0 fully saturated rings. The zero-order chi connectivity index (χ0) is 15.8. The largest absolute Gasteiger partial charge is 0.494 e. The number of nitrogens with zero attached hydrogens (tertiary/aromatic N) is 1. The van der Waals surface area contributed by atoms with Crippen LogP contribution in [0.1, 0.15) is 32.3 Å². The first-order chi connectivity index (χ1) is 10.0. The molecule has 0 heterocycles. The smallest absolute Gasteiger partial charge is 0.222 e. The highest BCUT2D eigenvalue weighted by Gasteiger charge is 2.14. The third-order valence-electron chi connectivity index (χ3n) is 3.58. The molecule has 0 radical (unpaired) electrons. The molecule has 1 unspecified atom stereocenters. The normalized spacial score (nSPS) is 12.0. The second-order valence-electron chi connectivity index (χ2n) is 5.26. The molecule has 1 rings (SSSR count). The van der Waals surface area contributed by atoms with Gasteiger partial charge in [0.05, 0.1) is 7.11 Å². The Labute approximate surface area is 126 Å². The Kier molecular flexibility index (Phi) is 7.15. The van der Waals surface area contributed by atoms with Crippen molar-refractivity contribution in [2.24, 2.45) is 11.7 Å². The molecule has 0 aliphatic heterocycles. The summed E-state index contributed by atoms with van der Waals surface area (Å²) < 4.78 is 18.6. The minimum atomic E-state index is -0.407. The average molecular weight is 296 g/mol. The van der Waals surface area contributed by atoms with Gasteiger partial charge in [0.25, 0.3) is 0 Å². The van der Waals surface area contributed by atoms with E-state index in [1.807, 2.05) is 13.8 Å². The Balaban J connectivity index is 2.64. The molecule has 5 heteroatoms. The number of carbonyl (C=O) groups excluding carboxylic acids is 1. The summed E-state index contributed by atoms with van der Waals surface area (Å²) in [7, 11) is 1.43. The molecule has 0 spiro atoms. The molecule has 0 bridgehead atoms. The maximum absolute atomic E-state index is 13.7. The number of rotatable bonds is 8. The number of nitrogens with two attached hydrogens (primary N) is 1. The lowest BCUT2D eigenvalue weighted by Crippen LogP contribution is -2.30. The van der Waals surface area contributed by atoms with Gasteiger partial charge in [-0.3, -0.25) is 4.79 Å². The topological polar surface area (TPSA) is 55.6 Å². The van der Waals surface area contributed by atoms with Crippen molar-refractivity contribution >= 4 is 5.91 Å². The van der Waals surface area contributed by atoms with Crippen LogP contribution >= 0.6 is 0 Å². The highest BCUT2D eigenvalue weighted by Crippen LogP contribution is 2.19. The van der Waals surface area contributed by atoms with Gasteiger partial charge >= 0.3 is 0 Å². The van der Waals surface area contributed by atoms with E-state index in [4.69, 9.17) is 10.5 Å². The number of carbonyl (C=O) groups is 1. The van der Waals surface area contributed by atoms with Gasteiger partial charge < -0.3 is 15.4 Å². The average Bonchev–Trinajstić information content (AvgIpc) is 2.49. The lowest BCUT2D eigenvalue weighted by molar-refractivity contribution is -0.131. The number of hydrogen-bond donors (Lipinski definition) is 1. The first kappa shape index (κ1) is 17.4. The van der Waals surface area contributed by atoms with E-state index in [9.17, 15) is 9.18 Å². The van der Waals surface area contributed by atoms with E-state index in [1.54, 1.807) is 17.0 Å². The van der Waals surface area contributed by atoms with Gasteiger partial charge in [-0.05, 0) is 43.5 Å². The SMILES string of the molecule is CCN(Cc1ccc(OC)c(F)c1)C(=O)CCC(C)CN. The highest BCUT2D eigenvalue weighted by molar-refractivity contribution is 5.76. The summed E-state index contributed by atoms with van der Waals surface area (Å²) in [4.78, 5) is 13.9. The molecule has 4 nitrogen and oxygen atoms in total. The van der Waals surface area contributed by atoms with E-state index in [1.165, 1.54) is 13.2 Å². The van der Waals surface area contributed by atoms with Crippen LogP contribution in [-0.4, -0.2) is 31.0 Å². The van der Waals surface area contributed by atoms with E-state index in [2.05, 4.69) is 0 Å². The number of methoxy groups -OCH3 is 1. The number of halogens is 1. The minimum absolute atomic E-state index is 0.0778. The number of hydrogen-bond acceptors (Lipinski definition) is 3. The summed E-state index contributed by atoms with van der Waals surface area (Å²) >= 11 is 0. The van der Waals surface area contributed by atoms with Crippen LogP contribution in [0.25, 0.3) is 0 Å². The van der Waals surface area contributed by atoms with E-state index >= 15 is 0 Å². The molecule has 0 saturated carbocycles. The summed E-state index contributed by atoms with van der Waals surface area (Å²) in [6, 6.07) is 4.77. The summed E-state index contributed by atoms with van der Waals surface area (Å²) in [6.07, 6.45) is 1.26. The fraction of sp³-hybridized carbons (Fsp3) is 0.562. The van der Waals surface area contributed by atoms with Crippen LogP contribution < -0.4 is 10.5 Å². The second-order valence-corrected chi connectivity index (χ2v) is 5.26. The summed E-state index contributed by atoms with van der Waals surface area (Å²) in [5, 5.41) is 0. The van der Waals surface area contributed by atoms with Crippen molar-refractivity contribution in [3.63, 3.8) is 0 Å². The van der Waals surface area contributed by atoms with Crippen LogP contribution in [0.4, 0.5) is 4.39 Å². The van der Waals surface area contributed by atoms with Crippen molar-refractivity contribution in [2.45, 2.75) is 33.2 Å². The van der Waals surface area contributed by atoms with Crippen LogP contribution in [0.3, 0.4) is 0 Å². The van der Waals surface area contributed by atoms with Gasteiger partial charge in [-0.1, -0.05) is 13.0 Å². The zero-order valence-electron chi connectivity index (χ0n) is 13.1. The fourth-order valence-corrected chi connectivity index (χ4v) is 2.05. The molecule has 21 heavy (non-hydrogen) atoms. The van der Waals surface area contributed by atoms with Gasteiger partial charge in [-0.2, -0.15) is 0 Å². The number of benzene rings is 1. The molecular weight excluding hydrogens is 271 g/mol. The predicted molar refractivity (Wildman–Crippen MR) is 81.5 cm³/mol. The standard InChI is InChI=1S/C16H25FN2O2/c1-4-19(16(20)8-5-12(2)10-18)11-13-6-7-15(21-3)14(17)9-13/h6-7,9,12H,4-5,8,10-11,18H2,1-3H3. The van der Waals surface area contributed by atoms with Crippen molar-refractivity contribution in [3.05, 3.63) is 29.6 Å². The van der Waals surface area contributed by atoms with Crippen molar-refractivity contribution in [1.82, 2.24) is 4.90 Å². The van der Waals surface area contributed by atoms with Gasteiger partial charge in [0.1, 0.15) is 0 Å². The molecular formula is C16H25FN2O2.